The molecule has 1 fully saturated rings. The summed E-state index contributed by atoms with van der Waals surface area (Å²) in [7, 11) is 0. The van der Waals surface area contributed by atoms with E-state index in [-0.39, 0.29) is 12.1 Å². The van der Waals surface area contributed by atoms with Gasteiger partial charge in [-0.25, -0.2) is 19.7 Å². The van der Waals surface area contributed by atoms with E-state index in [9.17, 15) is 4.79 Å². The van der Waals surface area contributed by atoms with Gasteiger partial charge in [0.05, 0.1) is 0 Å². The van der Waals surface area contributed by atoms with E-state index in [2.05, 4.69) is 40.7 Å². The summed E-state index contributed by atoms with van der Waals surface area (Å²) in [6, 6.07) is 9.07. The van der Waals surface area contributed by atoms with Crippen molar-refractivity contribution in [1.82, 2.24) is 30.5 Å². The van der Waals surface area contributed by atoms with Gasteiger partial charge in [0, 0.05) is 42.8 Å². The van der Waals surface area contributed by atoms with Gasteiger partial charge in [-0.1, -0.05) is 0 Å². The third-order valence-corrected chi connectivity index (χ3v) is 4.59. The Morgan fingerprint density at radius 2 is 2.00 bits per heavy atom. The standard InChI is InChI=1S/C19H22N8O/c1-13-22-17(26-25-13)14-5-7-15(8-6-14)23-19(28)24-16-4-2-11-27(12-16)18-20-9-3-10-21-18/h3,5-10,16H,2,4,11-12H2,1H3,(H,22,25,26)(H2,23,24,28)/t16-/m0/s1. The summed E-state index contributed by atoms with van der Waals surface area (Å²) >= 11 is 0. The number of carbonyl (C=O) groups excluding carboxylic acids is 1. The molecule has 0 saturated carbocycles. The zero-order chi connectivity index (χ0) is 19.3. The second-order valence-corrected chi connectivity index (χ2v) is 6.75. The van der Waals surface area contributed by atoms with Crippen LogP contribution in [-0.2, 0) is 0 Å². The Bertz CT molecular complexity index is 925. The molecule has 0 unspecified atom stereocenters. The quantitative estimate of drug-likeness (QED) is 0.643. The number of amides is 2. The number of hydrogen-bond donors (Lipinski definition) is 3. The molecule has 0 aliphatic carbocycles. The van der Waals surface area contributed by atoms with Gasteiger partial charge in [0.1, 0.15) is 5.82 Å². The molecule has 2 amide bonds. The first-order valence-corrected chi connectivity index (χ1v) is 9.26. The summed E-state index contributed by atoms with van der Waals surface area (Å²) in [4.78, 5) is 27.4. The van der Waals surface area contributed by atoms with Crippen molar-refractivity contribution in [2.45, 2.75) is 25.8 Å². The lowest BCUT2D eigenvalue weighted by Gasteiger charge is -2.33. The number of H-pyrrole nitrogens is 1. The lowest BCUT2D eigenvalue weighted by molar-refractivity contribution is 0.246. The number of rotatable bonds is 4. The molecular formula is C19H22N8O. The Kier molecular flexibility index (Phi) is 5.14. The summed E-state index contributed by atoms with van der Waals surface area (Å²) in [5.41, 5.74) is 1.61. The van der Waals surface area contributed by atoms with Gasteiger partial charge in [-0.2, -0.15) is 5.10 Å². The van der Waals surface area contributed by atoms with Crippen LogP contribution < -0.4 is 15.5 Å². The molecular weight excluding hydrogens is 356 g/mol. The molecule has 4 rings (SSSR count). The summed E-state index contributed by atoms with van der Waals surface area (Å²) in [5, 5.41) is 12.9. The molecule has 0 bridgehead atoms. The largest absolute Gasteiger partial charge is 0.339 e. The number of piperidine rings is 1. The highest BCUT2D eigenvalue weighted by molar-refractivity contribution is 5.89. The number of nitrogens with zero attached hydrogens (tertiary/aromatic N) is 5. The molecule has 1 aliphatic heterocycles. The summed E-state index contributed by atoms with van der Waals surface area (Å²) < 4.78 is 0. The first kappa shape index (κ1) is 17.9. The van der Waals surface area contributed by atoms with E-state index in [1.54, 1.807) is 18.5 Å². The molecule has 1 saturated heterocycles. The van der Waals surface area contributed by atoms with Gasteiger partial charge < -0.3 is 15.5 Å². The Hall–Kier alpha value is -3.49. The maximum atomic E-state index is 12.4. The molecule has 144 valence electrons. The maximum Gasteiger partial charge on any atom is 0.319 e. The highest BCUT2D eigenvalue weighted by atomic mass is 16.2. The lowest BCUT2D eigenvalue weighted by atomic mass is 10.1. The molecule has 2 aromatic heterocycles. The number of aryl methyl sites for hydroxylation is 1. The third-order valence-electron chi connectivity index (χ3n) is 4.59. The van der Waals surface area contributed by atoms with Gasteiger partial charge in [0.2, 0.25) is 5.95 Å². The minimum Gasteiger partial charge on any atom is -0.339 e. The van der Waals surface area contributed by atoms with Crippen LogP contribution in [0.25, 0.3) is 11.4 Å². The van der Waals surface area contributed by atoms with E-state index in [0.717, 1.165) is 30.8 Å². The number of anilines is 2. The lowest BCUT2D eigenvalue weighted by Crippen LogP contribution is -2.49. The highest BCUT2D eigenvalue weighted by Crippen LogP contribution is 2.18. The van der Waals surface area contributed by atoms with Crippen molar-refractivity contribution < 1.29 is 4.79 Å². The molecule has 3 N–H and O–H groups in total. The van der Waals surface area contributed by atoms with Gasteiger partial charge in [0.25, 0.3) is 0 Å². The SMILES string of the molecule is Cc1nc(-c2ccc(NC(=O)N[C@H]3CCCN(c4ncccn4)C3)cc2)n[nH]1. The van der Waals surface area contributed by atoms with E-state index in [4.69, 9.17) is 0 Å². The van der Waals surface area contributed by atoms with Crippen LogP contribution in [0.2, 0.25) is 0 Å². The van der Waals surface area contributed by atoms with Crippen LogP contribution in [0.15, 0.2) is 42.7 Å². The van der Waals surface area contributed by atoms with Crippen molar-refractivity contribution >= 4 is 17.7 Å². The van der Waals surface area contributed by atoms with E-state index in [1.807, 2.05) is 31.2 Å². The Balaban J connectivity index is 1.32. The number of hydrogen-bond acceptors (Lipinski definition) is 6. The molecule has 1 atom stereocenters. The second kappa shape index (κ2) is 8.03. The van der Waals surface area contributed by atoms with Crippen LogP contribution in [0.1, 0.15) is 18.7 Å². The predicted octanol–water partition coefficient (Wildman–Crippen LogP) is 2.36. The molecule has 9 nitrogen and oxygen atoms in total. The minimum absolute atomic E-state index is 0.0491. The van der Waals surface area contributed by atoms with Crippen LogP contribution in [0.3, 0.4) is 0 Å². The van der Waals surface area contributed by atoms with Crippen LogP contribution in [0.5, 0.6) is 0 Å². The smallest absolute Gasteiger partial charge is 0.319 e. The van der Waals surface area contributed by atoms with E-state index in [1.165, 1.54) is 0 Å². The van der Waals surface area contributed by atoms with Gasteiger partial charge in [-0.15, -0.1) is 0 Å². The first-order chi connectivity index (χ1) is 13.7. The van der Waals surface area contributed by atoms with E-state index < -0.39 is 0 Å². The van der Waals surface area contributed by atoms with E-state index in [0.29, 0.717) is 24.0 Å². The van der Waals surface area contributed by atoms with Gasteiger partial charge in [-0.05, 0) is 50.1 Å². The summed E-state index contributed by atoms with van der Waals surface area (Å²) in [6.45, 7) is 3.44. The maximum absolute atomic E-state index is 12.4. The highest BCUT2D eigenvalue weighted by Gasteiger charge is 2.23. The molecule has 28 heavy (non-hydrogen) atoms. The third kappa shape index (κ3) is 4.25. The van der Waals surface area contributed by atoms with Crippen molar-refractivity contribution in [1.29, 1.82) is 0 Å². The zero-order valence-electron chi connectivity index (χ0n) is 15.6. The van der Waals surface area contributed by atoms with Crippen molar-refractivity contribution in [3.8, 4) is 11.4 Å². The van der Waals surface area contributed by atoms with Crippen LogP contribution >= 0.6 is 0 Å². The second-order valence-electron chi connectivity index (χ2n) is 6.75. The zero-order valence-corrected chi connectivity index (χ0v) is 15.6. The minimum atomic E-state index is -0.220. The average molecular weight is 378 g/mol. The summed E-state index contributed by atoms with van der Waals surface area (Å²) in [6.07, 6.45) is 5.37. The van der Waals surface area contributed by atoms with Gasteiger partial charge in [0.15, 0.2) is 5.82 Å². The van der Waals surface area contributed by atoms with Crippen molar-refractivity contribution in [2.24, 2.45) is 0 Å². The number of carbonyl (C=O) groups is 1. The molecule has 9 heteroatoms. The molecule has 1 aromatic carbocycles. The summed E-state index contributed by atoms with van der Waals surface area (Å²) in [5.74, 6) is 2.10. The fourth-order valence-electron chi connectivity index (χ4n) is 3.26. The number of benzene rings is 1. The van der Waals surface area contributed by atoms with Gasteiger partial charge >= 0.3 is 6.03 Å². The average Bonchev–Trinajstić information content (AvgIpc) is 3.16. The van der Waals surface area contributed by atoms with Crippen molar-refractivity contribution in [3.63, 3.8) is 0 Å². The number of urea groups is 1. The molecule has 0 spiro atoms. The monoisotopic (exact) mass is 378 g/mol. The Morgan fingerprint density at radius 1 is 1.21 bits per heavy atom. The topological polar surface area (TPSA) is 112 Å². The Labute approximate surface area is 162 Å². The first-order valence-electron chi connectivity index (χ1n) is 9.26. The van der Waals surface area contributed by atoms with Crippen molar-refractivity contribution in [2.75, 3.05) is 23.3 Å². The number of aromatic amines is 1. The number of nitrogens with one attached hydrogen (secondary N) is 3. The Morgan fingerprint density at radius 3 is 2.71 bits per heavy atom. The predicted molar refractivity (Wildman–Crippen MR) is 106 cm³/mol. The fourth-order valence-corrected chi connectivity index (χ4v) is 3.26. The molecule has 3 aromatic rings. The van der Waals surface area contributed by atoms with E-state index >= 15 is 0 Å². The molecule has 3 heterocycles. The van der Waals surface area contributed by atoms with Crippen molar-refractivity contribution in [3.05, 3.63) is 48.5 Å². The normalized spacial score (nSPS) is 16.6. The molecule has 1 aliphatic rings. The fraction of sp³-hybridized carbons (Fsp3) is 0.316. The van der Waals surface area contributed by atoms with Crippen LogP contribution in [0.4, 0.5) is 16.4 Å². The molecule has 0 radical (unpaired) electrons. The van der Waals surface area contributed by atoms with Crippen LogP contribution in [-0.4, -0.2) is 50.3 Å². The number of aromatic nitrogens is 5. The van der Waals surface area contributed by atoms with Crippen LogP contribution in [0, 0.1) is 6.92 Å². The van der Waals surface area contributed by atoms with Gasteiger partial charge in [-0.3, -0.25) is 5.10 Å².